The Balaban J connectivity index is 2.05. The maximum Gasteiger partial charge on any atom is 0.314 e. The molecule has 2 aromatic rings. The molecule has 1 aliphatic rings. The number of benzene rings is 1. The van der Waals surface area contributed by atoms with Crippen molar-refractivity contribution in [2.75, 3.05) is 0 Å². The topological polar surface area (TPSA) is 50.2 Å². The molecule has 0 saturated heterocycles. The molecule has 4 heteroatoms. The number of carboxylic acid groups (broad SMARTS) is 1. The lowest BCUT2D eigenvalue weighted by atomic mass is 9.67. The molecule has 1 aliphatic carbocycles. The number of carbonyl (C=O) groups is 1. The number of hydrogen-bond donors (Lipinski definition) is 1. The molecule has 3 nitrogen and oxygen atoms in total. The average molecular weight is 302 g/mol. The maximum absolute atomic E-state index is 12.1. The Bertz CT molecular complexity index is 669. The highest BCUT2D eigenvalue weighted by molar-refractivity contribution is 6.29. The van der Waals surface area contributed by atoms with E-state index in [-0.39, 0.29) is 0 Å². The van der Waals surface area contributed by atoms with Gasteiger partial charge in [0.25, 0.3) is 0 Å². The molecular weight excluding hydrogens is 286 g/mol. The molecule has 0 bridgehead atoms. The zero-order valence-corrected chi connectivity index (χ0v) is 12.3. The summed E-state index contributed by atoms with van der Waals surface area (Å²) in [6.07, 6.45) is 4.62. The number of hydrogen-bond acceptors (Lipinski definition) is 2. The Hall–Kier alpha value is -1.87. The van der Waals surface area contributed by atoms with Crippen LogP contribution in [0, 0.1) is 0 Å². The fourth-order valence-corrected chi connectivity index (χ4v) is 3.37. The molecular formula is C17H16ClNO2. The van der Waals surface area contributed by atoms with E-state index in [4.69, 9.17) is 11.6 Å². The smallest absolute Gasteiger partial charge is 0.314 e. The van der Waals surface area contributed by atoms with Gasteiger partial charge in [-0.05, 0) is 48.4 Å². The fraction of sp³-hybridized carbons (Fsp3) is 0.294. The Kier molecular flexibility index (Phi) is 3.68. The summed E-state index contributed by atoms with van der Waals surface area (Å²) in [4.78, 5) is 16.1. The van der Waals surface area contributed by atoms with E-state index in [9.17, 15) is 9.90 Å². The van der Waals surface area contributed by atoms with Crippen molar-refractivity contribution in [1.82, 2.24) is 4.98 Å². The summed E-state index contributed by atoms with van der Waals surface area (Å²) in [5.41, 5.74) is 2.13. The summed E-state index contributed by atoms with van der Waals surface area (Å²) < 4.78 is 0. The van der Waals surface area contributed by atoms with Crippen LogP contribution in [0.25, 0.3) is 0 Å². The lowest BCUT2D eigenvalue weighted by Gasteiger charge is -2.35. The third-order valence-electron chi connectivity index (χ3n) is 4.29. The number of carboxylic acids is 1. The number of pyridine rings is 1. The quantitative estimate of drug-likeness (QED) is 0.881. The monoisotopic (exact) mass is 301 g/mol. The van der Waals surface area contributed by atoms with E-state index in [1.807, 2.05) is 30.3 Å². The van der Waals surface area contributed by atoms with Gasteiger partial charge in [-0.3, -0.25) is 4.79 Å². The first-order valence-electron chi connectivity index (χ1n) is 7.04. The molecule has 1 atom stereocenters. The summed E-state index contributed by atoms with van der Waals surface area (Å²) in [6.45, 7) is 0. The summed E-state index contributed by atoms with van der Waals surface area (Å²) >= 11 is 5.81. The number of rotatable bonds is 3. The van der Waals surface area contributed by atoms with Crippen LogP contribution >= 0.6 is 11.6 Å². The van der Waals surface area contributed by atoms with Crippen molar-refractivity contribution in [1.29, 1.82) is 0 Å². The van der Waals surface area contributed by atoms with E-state index < -0.39 is 11.4 Å². The van der Waals surface area contributed by atoms with Gasteiger partial charge in [0.05, 0.1) is 5.41 Å². The molecule has 1 N–H and O–H groups in total. The van der Waals surface area contributed by atoms with Crippen LogP contribution in [0.15, 0.2) is 42.6 Å². The minimum atomic E-state index is -0.857. The third kappa shape index (κ3) is 2.54. The van der Waals surface area contributed by atoms with Crippen molar-refractivity contribution >= 4 is 17.6 Å². The van der Waals surface area contributed by atoms with E-state index in [0.717, 1.165) is 29.5 Å². The Labute approximate surface area is 128 Å². The van der Waals surface area contributed by atoms with E-state index in [1.54, 1.807) is 12.3 Å². The number of fused-ring (bicyclic) bond motifs is 1. The van der Waals surface area contributed by atoms with Gasteiger partial charge < -0.3 is 5.11 Å². The van der Waals surface area contributed by atoms with Crippen molar-refractivity contribution in [3.8, 4) is 0 Å². The number of halogens is 1. The number of nitrogens with zero attached hydrogens (tertiary/aromatic N) is 1. The highest BCUT2D eigenvalue weighted by Crippen LogP contribution is 2.40. The first-order valence-corrected chi connectivity index (χ1v) is 7.42. The second-order valence-corrected chi connectivity index (χ2v) is 5.95. The van der Waals surface area contributed by atoms with Gasteiger partial charge >= 0.3 is 5.97 Å². The molecule has 1 unspecified atom stereocenters. The first-order chi connectivity index (χ1) is 10.1. The van der Waals surface area contributed by atoms with Crippen LogP contribution in [-0.2, 0) is 23.1 Å². The Morgan fingerprint density at radius 2 is 2.10 bits per heavy atom. The lowest BCUT2D eigenvalue weighted by Crippen LogP contribution is -2.41. The van der Waals surface area contributed by atoms with Crippen LogP contribution in [0.3, 0.4) is 0 Å². The van der Waals surface area contributed by atoms with Crippen LogP contribution < -0.4 is 0 Å². The van der Waals surface area contributed by atoms with Gasteiger partial charge in [0, 0.05) is 6.20 Å². The maximum atomic E-state index is 12.1. The van der Waals surface area contributed by atoms with Crippen LogP contribution in [0.1, 0.15) is 29.5 Å². The van der Waals surface area contributed by atoms with Crippen molar-refractivity contribution in [3.05, 3.63) is 64.4 Å². The molecule has 1 heterocycles. The van der Waals surface area contributed by atoms with Crippen LogP contribution in [0.5, 0.6) is 0 Å². The Morgan fingerprint density at radius 3 is 2.81 bits per heavy atom. The molecule has 108 valence electrons. The molecule has 0 saturated carbocycles. The standard InChI is InChI=1S/C17H16ClNO2/c18-15-8-7-12(11-19-15)10-17(16(20)21)9-3-5-13-4-1-2-6-14(13)17/h1-2,4,6-8,11H,3,5,9-10H2,(H,20,21). The number of aryl methyl sites for hydroxylation is 1. The summed E-state index contributed by atoms with van der Waals surface area (Å²) in [5, 5.41) is 10.3. The Morgan fingerprint density at radius 1 is 1.29 bits per heavy atom. The van der Waals surface area contributed by atoms with Gasteiger partial charge in [-0.2, -0.15) is 0 Å². The van der Waals surface area contributed by atoms with E-state index >= 15 is 0 Å². The highest BCUT2D eigenvalue weighted by Gasteiger charge is 2.43. The van der Waals surface area contributed by atoms with E-state index in [0.29, 0.717) is 18.0 Å². The van der Waals surface area contributed by atoms with Crippen LogP contribution in [-0.4, -0.2) is 16.1 Å². The molecule has 3 rings (SSSR count). The van der Waals surface area contributed by atoms with Crippen LogP contribution in [0.2, 0.25) is 5.15 Å². The van der Waals surface area contributed by atoms with Crippen LogP contribution in [0.4, 0.5) is 0 Å². The average Bonchev–Trinajstić information content (AvgIpc) is 2.50. The predicted octanol–water partition coefficient (Wildman–Crippen LogP) is 3.64. The molecule has 21 heavy (non-hydrogen) atoms. The molecule has 0 spiro atoms. The normalized spacial score (nSPS) is 20.8. The number of aromatic nitrogens is 1. The first kappa shape index (κ1) is 14.1. The highest BCUT2D eigenvalue weighted by atomic mass is 35.5. The summed E-state index contributed by atoms with van der Waals surface area (Å²) in [7, 11) is 0. The van der Waals surface area contributed by atoms with Gasteiger partial charge in [0.1, 0.15) is 5.15 Å². The molecule has 1 aromatic carbocycles. The zero-order chi connectivity index (χ0) is 14.9. The molecule has 0 fully saturated rings. The number of aliphatic carboxylic acids is 1. The van der Waals surface area contributed by atoms with Gasteiger partial charge in [-0.1, -0.05) is 41.9 Å². The lowest BCUT2D eigenvalue weighted by molar-refractivity contribution is -0.144. The molecule has 0 aliphatic heterocycles. The minimum absolute atomic E-state index is 0.423. The summed E-state index contributed by atoms with van der Waals surface area (Å²) in [5.74, 6) is -0.760. The second-order valence-electron chi connectivity index (χ2n) is 5.56. The predicted molar refractivity (Wildman–Crippen MR) is 81.6 cm³/mol. The minimum Gasteiger partial charge on any atom is -0.481 e. The second kappa shape index (κ2) is 5.49. The fourth-order valence-electron chi connectivity index (χ4n) is 3.26. The summed E-state index contributed by atoms with van der Waals surface area (Å²) in [6, 6.07) is 11.4. The molecule has 1 aromatic heterocycles. The zero-order valence-electron chi connectivity index (χ0n) is 11.6. The molecule has 0 amide bonds. The largest absolute Gasteiger partial charge is 0.481 e. The van der Waals surface area contributed by atoms with Gasteiger partial charge in [-0.25, -0.2) is 4.98 Å². The molecule has 0 radical (unpaired) electrons. The third-order valence-corrected chi connectivity index (χ3v) is 4.51. The van der Waals surface area contributed by atoms with Gasteiger partial charge in [0.15, 0.2) is 0 Å². The van der Waals surface area contributed by atoms with Crippen molar-refractivity contribution < 1.29 is 9.90 Å². The van der Waals surface area contributed by atoms with Crippen molar-refractivity contribution in [2.24, 2.45) is 0 Å². The van der Waals surface area contributed by atoms with Crippen molar-refractivity contribution in [3.63, 3.8) is 0 Å². The van der Waals surface area contributed by atoms with E-state index in [2.05, 4.69) is 4.98 Å². The SMILES string of the molecule is O=C(O)C1(Cc2ccc(Cl)nc2)CCCc2ccccc21. The van der Waals surface area contributed by atoms with Crippen molar-refractivity contribution in [2.45, 2.75) is 31.1 Å². The van der Waals surface area contributed by atoms with Gasteiger partial charge in [0.2, 0.25) is 0 Å². The van der Waals surface area contributed by atoms with E-state index in [1.165, 1.54) is 0 Å². The van der Waals surface area contributed by atoms with Gasteiger partial charge in [-0.15, -0.1) is 0 Å².